The summed E-state index contributed by atoms with van der Waals surface area (Å²) in [7, 11) is -2.00. The third kappa shape index (κ3) is 5.32. The first kappa shape index (κ1) is 24.3. The molecule has 0 aliphatic rings. The molecule has 3 aromatic carbocycles. The lowest BCUT2D eigenvalue weighted by Gasteiger charge is -2.11. The Bertz CT molecular complexity index is 1890. The monoisotopic (exact) mass is 534 g/mol. The smallest absolute Gasteiger partial charge is 0.261 e. The molecule has 0 radical (unpaired) electrons. The highest BCUT2D eigenvalue weighted by molar-refractivity contribution is 7.92. The second kappa shape index (κ2) is 9.99. The Morgan fingerprint density at radius 1 is 0.769 bits per heavy atom. The normalized spacial score (nSPS) is 11.4. The molecule has 6 aromatic rings. The number of hydrogen-bond donors (Lipinski definition) is 1. The van der Waals surface area contributed by atoms with Gasteiger partial charge in [-0.2, -0.15) is 5.10 Å². The van der Waals surface area contributed by atoms with Crippen LogP contribution in [0.25, 0.3) is 33.4 Å². The van der Waals surface area contributed by atoms with E-state index in [2.05, 4.69) is 19.8 Å². The van der Waals surface area contributed by atoms with Gasteiger partial charge in [0.15, 0.2) is 0 Å². The van der Waals surface area contributed by atoms with Gasteiger partial charge in [-0.3, -0.25) is 19.4 Å². The third-order valence-electron chi connectivity index (χ3n) is 5.98. The molecule has 3 heterocycles. The SMILES string of the molecule is Cn1cc(-c2cnc3ccc(-c4cncc(NS(=O)(=O)c5ccc(Oc6ccccc6)cc5)c4)cc3n2)cn1. The van der Waals surface area contributed by atoms with Gasteiger partial charge in [-0.1, -0.05) is 24.3 Å². The van der Waals surface area contributed by atoms with Gasteiger partial charge in [-0.15, -0.1) is 0 Å². The van der Waals surface area contributed by atoms with Crippen LogP contribution in [0.1, 0.15) is 0 Å². The Labute approximate surface area is 224 Å². The second-order valence-electron chi connectivity index (χ2n) is 8.82. The van der Waals surface area contributed by atoms with E-state index in [4.69, 9.17) is 9.72 Å². The molecule has 0 saturated carbocycles. The molecule has 39 heavy (non-hydrogen) atoms. The summed E-state index contributed by atoms with van der Waals surface area (Å²) in [6.45, 7) is 0. The van der Waals surface area contributed by atoms with Crippen molar-refractivity contribution in [1.29, 1.82) is 0 Å². The minimum Gasteiger partial charge on any atom is -0.457 e. The number of anilines is 1. The quantitative estimate of drug-likeness (QED) is 0.280. The maximum absolute atomic E-state index is 13.1. The van der Waals surface area contributed by atoms with Crippen molar-refractivity contribution in [3.8, 4) is 33.9 Å². The molecule has 0 aliphatic heterocycles. The van der Waals surface area contributed by atoms with E-state index in [1.807, 2.05) is 61.8 Å². The molecule has 10 heteroatoms. The lowest BCUT2D eigenvalue weighted by atomic mass is 10.1. The Balaban J connectivity index is 1.23. The standard InChI is InChI=1S/C29H22N6O3S/c1-35-19-22(16-32-35)29-18-31-27-12-7-20(14-28(27)33-29)21-13-23(17-30-15-21)34-39(36,37)26-10-8-25(9-11-26)38-24-5-3-2-4-6-24/h2-19,34H,1H3. The van der Waals surface area contributed by atoms with Gasteiger partial charge >= 0.3 is 0 Å². The van der Waals surface area contributed by atoms with Gasteiger partial charge in [0.2, 0.25) is 0 Å². The van der Waals surface area contributed by atoms with Gasteiger partial charge in [0.1, 0.15) is 11.5 Å². The predicted octanol–water partition coefficient (Wildman–Crippen LogP) is 5.69. The number of nitrogens with zero attached hydrogens (tertiary/aromatic N) is 5. The minimum atomic E-state index is -3.85. The van der Waals surface area contributed by atoms with Crippen LogP contribution in [0.3, 0.4) is 0 Å². The van der Waals surface area contributed by atoms with E-state index in [0.717, 1.165) is 22.2 Å². The predicted molar refractivity (Wildman–Crippen MR) is 149 cm³/mol. The van der Waals surface area contributed by atoms with Crippen LogP contribution in [0.15, 0.2) is 115 Å². The maximum atomic E-state index is 13.1. The average Bonchev–Trinajstić information content (AvgIpc) is 3.39. The number of benzene rings is 3. The highest BCUT2D eigenvalue weighted by atomic mass is 32.2. The summed E-state index contributed by atoms with van der Waals surface area (Å²) in [6, 6.07) is 22.9. The van der Waals surface area contributed by atoms with Gasteiger partial charge in [0, 0.05) is 30.6 Å². The number of hydrogen-bond acceptors (Lipinski definition) is 7. The second-order valence-corrected chi connectivity index (χ2v) is 10.5. The zero-order valence-corrected chi connectivity index (χ0v) is 21.6. The van der Waals surface area contributed by atoms with Crippen molar-refractivity contribution in [2.24, 2.45) is 7.05 Å². The van der Waals surface area contributed by atoms with Crippen LogP contribution < -0.4 is 9.46 Å². The fraction of sp³-hybridized carbons (Fsp3) is 0.0345. The van der Waals surface area contributed by atoms with Crippen LogP contribution in [0.4, 0.5) is 5.69 Å². The number of para-hydroxylation sites is 1. The first-order valence-corrected chi connectivity index (χ1v) is 13.5. The van der Waals surface area contributed by atoms with Crippen molar-refractivity contribution < 1.29 is 13.2 Å². The van der Waals surface area contributed by atoms with E-state index in [0.29, 0.717) is 28.4 Å². The van der Waals surface area contributed by atoms with E-state index in [-0.39, 0.29) is 4.90 Å². The highest BCUT2D eigenvalue weighted by Crippen LogP contribution is 2.28. The number of fused-ring (bicyclic) bond motifs is 1. The van der Waals surface area contributed by atoms with E-state index in [1.54, 1.807) is 41.5 Å². The highest BCUT2D eigenvalue weighted by Gasteiger charge is 2.15. The molecular weight excluding hydrogens is 512 g/mol. The summed E-state index contributed by atoms with van der Waals surface area (Å²) in [5.41, 5.74) is 4.94. The lowest BCUT2D eigenvalue weighted by molar-refractivity contribution is 0.482. The molecule has 0 fully saturated rings. The summed E-state index contributed by atoms with van der Waals surface area (Å²) >= 11 is 0. The number of pyridine rings is 1. The van der Waals surface area contributed by atoms with E-state index >= 15 is 0 Å². The Kier molecular flexibility index (Phi) is 6.22. The lowest BCUT2D eigenvalue weighted by Crippen LogP contribution is -2.13. The van der Waals surface area contributed by atoms with Gasteiger partial charge in [0.25, 0.3) is 10.0 Å². The van der Waals surface area contributed by atoms with Gasteiger partial charge < -0.3 is 4.74 Å². The average molecular weight is 535 g/mol. The molecule has 0 bridgehead atoms. The van der Waals surface area contributed by atoms with Crippen LogP contribution in [-0.2, 0) is 17.1 Å². The molecule has 192 valence electrons. The number of sulfonamides is 1. The van der Waals surface area contributed by atoms with E-state index in [1.165, 1.54) is 18.3 Å². The number of aryl methyl sites for hydroxylation is 1. The van der Waals surface area contributed by atoms with Gasteiger partial charge in [0.05, 0.1) is 45.9 Å². The molecule has 0 unspecified atom stereocenters. The molecular formula is C29H22N6O3S. The van der Waals surface area contributed by atoms with Crippen molar-refractivity contribution in [3.63, 3.8) is 0 Å². The van der Waals surface area contributed by atoms with Crippen LogP contribution in [0.5, 0.6) is 11.5 Å². The summed E-state index contributed by atoms with van der Waals surface area (Å²) in [6.07, 6.45) is 8.48. The van der Waals surface area contributed by atoms with Crippen molar-refractivity contribution in [2.75, 3.05) is 4.72 Å². The van der Waals surface area contributed by atoms with Crippen molar-refractivity contribution in [2.45, 2.75) is 4.90 Å². The zero-order valence-electron chi connectivity index (χ0n) is 20.8. The number of nitrogens with one attached hydrogen (secondary N) is 1. The molecule has 0 saturated heterocycles. The topological polar surface area (TPSA) is 112 Å². The molecule has 6 rings (SSSR count). The number of aromatic nitrogens is 5. The summed E-state index contributed by atoms with van der Waals surface area (Å²) in [5, 5.41) is 4.20. The van der Waals surface area contributed by atoms with E-state index < -0.39 is 10.0 Å². The van der Waals surface area contributed by atoms with Crippen LogP contribution >= 0.6 is 0 Å². The fourth-order valence-electron chi connectivity index (χ4n) is 4.06. The molecule has 0 atom stereocenters. The third-order valence-corrected chi connectivity index (χ3v) is 7.38. The summed E-state index contributed by atoms with van der Waals surface area (Å²) < 4.78 is 36.2. The molecule has 0 aliphatic carbocycles. The Hall–Kier alpha value is -5.09. The van der Waals surface area contributed by atoms with E-state index in [9.17, 15) is 8.42 Å². The van der Waals surface area contributed by atoms with Gasteiger partial charge in [-0.05, 0) is 60.2 Å². The maximum Gasteiger partial charge on any atom is 0.261 e. The molecule has 0 amide bonds. The molecule has 1 N–H and O–H groups in total. The Morgan fingerprint density at radius 2 is 1.56 bits per heavy atom. The largest absolute Gasteiger partial charge is 0.457 e. The molecule has 3 aromatic heterocycles. The zero-order chi connectivity index (χ0) is 26.8. The number of ether oxygens (including phenoxy) is 1. The summed E-state index contributed by atoms with van der Waals surface area (Å²) in [4.78, 5) is 13.6. The van der Waals surface area contributed by atoms with Crippen LogP contribution in [-0.4, -0.2) is 33.2 Å². The Morgan fingerprint density at radius 3 is 2.33 bits per heavy atom. The van der Waals surface area contributed by atoms with Crippen molar-refractivity contribution >= 4 is 26.7 Å². The first-order valence-electron chi connectivity index (χ1n) is 12.0. The molecule has 0 spiro atoms. The number of rotatable bonds is 7. The molecule has 9 nitrogen and oxygen atoms in total. The van der Waals surface area contributed by atoms with Gasteiger partial charge in [-0.25, -0.2) is 13.4 Å². The van der Waals surface area contributed by atoms with Crippen LogP contribution in [0, 0.1) is 0 Å². The van der Waals surface area contributed by atoms with Crippen molar-refractivity contribution in [1.82, 2.24) is 24.7 Å². The fourth-order valence-corrected chi connectivity index (χ4v) is 5.10. The van der Waals surface area contributed by atoms with Crippen molar-refractivity contribution in [3.05, 3.63) is 110 Å². The summed E-state index contributed by atoms with van der Waals surface area (Å²) in [5.74, 6) is 1.21. The minimum absolute atomic E-state index is 0.109. The van der Waals surface area contributed by atoms with Crippen LogP contribution in [0.2, 0.25) is 0 Å². The first-order chi connectivity index (χ1) is 18.9.